The summed E-state index contributed by atoms with van der Waals surface area (Å²) in [6.45, 7) is 7.58. The molecule has 0 N–H and O–H groups in total. The fraction of sp³-hybridized carbons (Fsp3) is 0.290. The van der Waals surface area contributed by atoms with Crippen LogP contribution in [-0.2, 0) is 11.2 Å². The minimum atomic E-state index is -0.0618. The van der Waals surface area contributed by atoms with Gasteiger partial charge in [-0.3, -0.25) is 14.2 Å². The molecule has 0 spiro atoms. The molecule has 1 aliphatic rings. The van der Waals surface area contributed by atoms with Crippen molar-refractivity contribution in [3.8, 4) is 5.69 Å². The molecule has 5 rings (SSSR count). The van der Waals surface area contributed by atoms with Crippen molar-refractivity contribution in [1.82, 2.24) is 24.6 Å². The second-order valence-corrected chi connectivity index (χ2v) is 11.0. The molecule has 200 valence electrons. The van der Waals surface area contributed by atoms with Crippen LogP contribution in [0.5, 0.6) is 0 Å². The van der Waals surface area contributed by atoms with Crippen molar-refractivity contribution >= 4 is 23.6 Å². The number of aryl methyl sites for hydroxylation is 2. The van der Waals surface area contributed by atoms with Crippen LogP contribution in [0.4, 0.5) is 0 Å². The minimum Gasteiger partial charge on any atom is -0.338 e. The van der Waals surface area contributed by atoms with Gasteiger partial charge in [0.1, 0.15) is 5.82 Å². The summed E-state index contributed by atoms with van der Waals surface area (Å²) in [6.07, 6.45) is 0.644. The Balaban J connectivity index is 1.27. The van der Waals surface area contributed by atoms with Crippen molar-refractivity contribution in [3.63, 3.8) is 0 Å². The first-order valence-corrected chi connectivity index (χ1v) is 14.2. The third-order valence-corrected chi connectivity index (χ3v) is 8.02. The number of aromatic nitrogens is 3. The normalized spacial score (nSPS) is 15.4. The molecular weight excluding hydrogens is 506 g/mol. The Labute approximate surface area is 233 Å². The van der Waals surface area contributed by atoms with Gasteiger partial charge in [-0.1, -0.05) is 72.4 Å². The first-order chi connectivity index (χ1) is 18.9. The number of nitrogens with zero attached hydrogens (tertiary/aromatic N) is 5. The fourth-order valence-corrected chi connectivity index (χ4v) is 5.86. The van der Waals surface area contributed by atoms with Crippen molar-refractivity contribution in [2.75, 3.05) is 25.4 Å². The van der Waals surface area contributed by atoms with Crippen LogP contribution >= 0.6 is 11.8 Å². The lowest BCUT2D eigenvalue weighted by Crippen LogP contribution is -2.55. The quantitative estimate of drug-likeness (QED) is 0.311. The van der Waals surface area contributed by atoms with Crippen molar-refractivity contribution in [1.29, 1.82) is 0 Å². The molecule has 1 aliphatic heterocycles. The molecule has 2 heterocycles. The topological polar surface area (TPSA) is 71.3 Å². The van der Waals surface area contributed by atoms with Gasteiger partial charge in [0.2, 0.25) is 5.91 Å². The van der Waals surface area contributed by atoms with Gasteiger partial charge in [-0.05, 0) is 55.7 Å². The summed E-state index contributed by atoms with van der Waals surface area (Å²) < 4.78 is 2.05. The van der Waals surface area contributed by atoms with E-state index in [1.54, 1.807) is 0 Å². The molecule has 1 saturated heterocycles. The molecule has 8 heteroatoms. The molecule has 0 aliphatic carbocycles. The Kier molecular flexibility index (Phi) is 8.12. The summed E-state index contributed by atoms with van der Waals surface area (Å²) in [5.74, 6) is 1.16. The van der Waals surface area contributed by atoms with Gasteiger partial charge in [-0.15, -0.1) is 10.2 Å². The average Bonchev–Trinajstić information content (AvgIpc) is 3.34. The number of hydrogen-bond donors (Lipinski definition) is 0. The highest BCUT2D eigenvalue weighted by Gasteiger charge is 2.31. The van der Waals surface area contributed by atoms with E-state index in [-0.39, 0.29) is 23.6 Å². The maximum absolute atomic E-state index is 13.3. The summed E-state index contributed by atoms with van der Waals surface area (Å²) in [5.41, 5.74) is 4.97. The number of carbonyl (C=O) groups excluding carboxylic acids is 2. The third kappa shape index (κ3) is 6.06. The van der Waals surface area contributed by atoms with E-state index in [0.717, 1.165) is 33.8 Å². The number of benzene rings is 3. The lowest BCUT2D eigenvalue weighted by atomic mass is 10.1. The molecule has 1 atom stereocenters. The van der Waals surface area contributed by atoms with Crippen LogP contribution in [0.25, 0.3) is 5.69 Å². The maximum Gasteiger partial charge on any atom is 0.254 e. The summed E-state index contributed by atoms with van der Waals surface area (Å²) in [4.78, 5) is 30.1. The van der Waals surface area contributed by atoms with Gasteiger partial charge in [0, 0.05) is 43.3 Å². The van der Waals surface area contributed by atoms with Crippen LogP contribution in [0.1, 0.15) is 39.8 Å². The molecule has 0 radical (unpaired) electrons. The second kappa shape index (κ2) is 11.9. The van der Waals surface area contributed by atoms with Gasteiger partial charge < -0.3 is 9.80 Å². The van der Waals surface area contributed by atoms with Gasteiger partial charge in [0.15, 0.2) is 5.16 Å². The second-order valence-electron chi connectivity index (χ2n) is 10.0. The number of hydrogen-bond acceptors (Lipinski definition) is 5. The van der Waals surface area contributed by atoms with Crippen LogP contribution < -0.4 is 0 Å². The molecule has 2 amide bonds. The molecule has 4 aromatic rings. The molecule has 1 unspecified atom stereocenters. The SMILES string of the molecule is Cc1cccc(-n2c(Cc3ccccc3)nnc2SCC(=O)N2CCN(C(=O)c3ccccc3C)C(C)C2)c1. The largest absolute Gasteiger partial charge is 0.338 e. The van der Waals surface area contributed by atoms with Crippen LogP contribution in [-0.4, -0.2) is 67.8 Å². The highest BCUT2D eigenvalue weighted by molar-refractivity contribution is 7.99. The number of thioether (sulfide) groups is 1. The Morgan fingerprint density at radius 1 is 0.923 bits per heavy atom. The first kappa shape index (κ1) is 26.7. The van der Waals surface area contributed by atoms with Crippen molar-refractivity contribution < 1.29 is 9.59 Å². The van der Waals surface area contributed by atoms with Crippen molar-refractivity contribution in [2.24, 2.45) is 0 Å². The van der Waals surface area contributed by atoms with Crippen LogP contribution in [0.3, 0.4) is 0 Å². The predicted molar refractivity (Wildman–Crippen MR) is 154 cm³/mol. The average molecular weight is 540 g/mol. The summed E-state index contributed by atoms with van der Waals surface area (Å²) >= 11 is 1.41. The van der Waals surface area contributed by atoms with E-state index in [1.807, 2.05) is 78.2 Å². The highest BCUT2D eigenvalue weighted by atomic mass is 32.2. The molecule has 39 heavy (non-hydrogen) atoms. The van der Waals surface area contributed by atoms with Crippen LogP contribution in [0.2, 0.25) is 0 Å². The van der Waals surface area contributed by atoms with Gasteiger partial charge in [0.05, 0.1) is 5.75 Å². The van der Waals surface area contributed by atoms with E-state index in [2.05, 4.69) is 46.0 Å². The monoisotopic (exact) mass is 539 g/mol. The van der Waals surface area contributed by atoms with E-state index < -0.39 is 0 Å². The van der Waals surface area contributed by atoms with Crippen LogP contribution in [0, 0.1) is 13.8 Å². The zero-order valence-corrected chi connectivity index (χ0v) is 23.4. The number of carbonyl (C=O) groups is 2. The zero-order chi connectivity index (χ0) is 27.4. The molecular formula is C31H33N5O2S. The first-order valence-electron chi connectivity index (χ1n) is 13.2. The summed E-state index contributed by atoms with van der Waals surface area (Å²) in [6, 6.07) is 26.0. The van der Waals surface area contributed by atoms with E-state index in [4.69, 9.17) is 0 Å². The smallest absolute Gasteiger partial charge is 0.254 e. The van der Waals surface area contributed by atoms with Gasteiger partial charge in [0.25, 0.3) is 5.91 Å². The minimum absolute atomic E-state index is 0.0271. The molecule has 3 aromatic carbocycles. The Hall–Kier alpha value is -3.91. The molecule has 0 bridgehead atoms. The van der Waals surface area contributed by atoms with Crippen molar-refractivity contribution in [2.45, 2.75) is 38.4 Å². The maximum atomic E-state index is 13.3. The van der Waals surface area contributed by atoms with Gasteiger partial charge in [-0.2, -0.15) is 0 Å². The van der Waals surface area contributed by atoms with Gasteiger partial charge in [-0.25, -0.2) is 0 Å². The Morgan fingerprint density at radius 2 is 1.69 bits per heavy atom. The number of rotatable bonds is 7. The van der Waals surface area contributed by atoms with E-state index in [9.17, 15) is 9.59 Å². The zero-order valence-electron chi connectivity index (χ0n) is 22.6. The Morgan fingerprint density at radius 3 is 2.44 bits per heavy atom. The summed E-state index contributed by atoms with van der Waals surface area (Å²) in [5, 5.41) is 9.68. The lowest BCUT2D eigenvalue weighted by Gasteiger charge is -2.40. The molecule has 1 fully saturated rings. The molecule has 7 nitrogen and oxygen atoms in total. The number of piperazine rings is 1. The van der Waals surface area contributed by atoms with E-state index in [0.29, 0.717) is 31.2 Å². The highest BCUT2D eigenvalue weighted by Crippen LogP contribution is 2.25. The molecule has 0 saturated carbocycles. The fourth-order valence-electron chi connectivity index (χ4n) is 4.98. The van der Waals surface area contributed by atoms with E-state index in [1.165, 1.54) is 11.8 Å². The Bertz CT molecular complexity index is 1470. The summed E-state index contributed by atoms with van der Waals surface area (Å²) in [7, 11) is 0. The number of amides is 2. The van der Waals surface area contributed by atoms with Crippen molar-refractivity contribution in [3.05, 3.63) is 107 Å². The standard InChI is InChI=1S/C31H33N5O2S/c1-22-10-9-14-26(18-22)36-28(19-25-12-5-4-6-13-25)32-33-31(36)39-21-29(37)34-16-17-35(24(3)20-34)30(38)27-15-8-7-11-23(27)2/h4-15,18,24H,16-17,19-21H2,1-3H3. The van der Waals surface area contributed by atoms with Crippen LogP contribution in [0.15, 0.2) is 84.0 Å². The molecule has 1 aromatic heterocycles. The lowest BCUT2D eigenvalue weighted by molar-refractivity contribution is -0.130. The van der Waals surface area contributed by atoms with Gasteiger partial charge >= 0.3 is 0 Å². The predicted octanol–water partition coefficient (Wildman–Crippen LogP) is 4.94. The third-order valence-electron chi connectivity index (χ3n) is 7.11. The van der Waals surface area contributed by atoms with E-state index >= 15 is 0 Å².